The maximum atomic E-state index is 14.2. The summed E-state index contributed by atoms with van der Waals surface area (Å²) in [5, 5.41) is 5.69. The first-order valence-electron chi connectivity index (χ1n) is 11.9. The van der Waals surface area contributed by atoms with Crippen LogP contribution in [0.25, 0.3) is 0 Å². The van der Waals surface area contributed by atoms with Crippen LogP contribution in [0.3, 0.4) is 0 Å². The zero-order valence-corrected chi connectivity index (χ0v) is 20.1. The molecule has 2 aliphatic heterocycles. The fraction of sp³-hybridized carbons (Fsp3) is 0.385. The Labute approximate surface area is 204 Å². The summed E-state index contributed by atoms with van der Waals surface area (Å²) in [7, 11) is 0. The summed E-state index contributed by atoms with van der Waals surface area (Å²) in [4.78, 5) is 29.9. The molecule has 0 spiro atoms. The number of urea groups is 1. The minimum Gasteiger partial charge on any atom is -0.494 e. The van der Waals surface area contributed by atoms with E-state index in [1.165, 1.54) is 6.07 Å². The van der Waals surface area contributed by atoms with Crippen molar-refractivity contribution in [3.05, 3.63) is 71.2 Å². The largest absolute Gasteiger partial charge is 0.494 e. The van der Waals surface area contributed by atoms with Gasteiger partial charge in [-0.05, 0) is 32.0 Å². The summed E-state index contributed by atoms with van der Waals surface area (Å²) in [5.41, 5.74) is 2.13. The van der Waals surface area contributed by atoms with E-state index in [0.29, 0.717) is 67.6 Å². The number of rotatable bonds is 8. The number of hydrogen-bond acceptors (Lipinski definition) is 6. The van der Waals surface area contributed by atoms with Crippen LogP contribution in [-0.2, 0) is 9.53 Å². The molecule has 1 fully saturated rings. The molecule has 2 heterocycles. The fourth-order valence-electron chi connectivity index (χ4n) is 4.51. The van der Waals surface area contributed by atoms with E-state index in [1.54, 1.807) is 19.1 Å². The normalized spacial score (nSPS) is 18.7. The zero-order chi connectivity index (χ0) is 24.8. The van der Waals surface area contributed by atoms with E-state index in [-0.39, 0.29) is 12.4 Å². The Hall–Kier alpha value is -3.59. The van der Waals surface area contributed by atoms with Crippen LogP contribution in [0, 0.1) is 5.82 Å². The monoisotopic (exact) mass is 482 g/mol. The molecule has 1 atom stereocenters. The fourth-order valence-corrected chi connectivity index (χ4v) is 4.51. The lowest BCUT2D eigenvalue weighted by molar-refractivity contribution is -0.139. The van der Waals surface area contributed by atoms with Crippen LogP contribution >= 0.6 is 0 Å². The predicted molar refractivity (Wildman–Crippen MR) is 131 cm³/mol. The Bertz CT molecular complexity index is 1100. The van der Waals surface area contributed by atoms with Gasteiger partial charge in [0.15, 0.2) is 0 Å². The van der Waals surface area contributed by atoms with Crippen molar-refractivity contribution >= 4 is 17.7 Å². The van der Waals surface area contributed by atoms with E-state index in [4.69, 9.17) is 9.47 Å². The summed E-state index contributed by atoms with van der Waals surface area (Å²) < 4.78 is 25.4. The van der Waals surface area contributed by atoms with Gasteiger partial charge in [-0.1, -0.05) is 30.3 Å². The molecule has 0 bridgehead atoms. The highest BCUT2D eigenvalue weighted by molar-refractivity contribution is 5.95. The van der Waals surface area contributed by atoms with Crippen LogP contribution in [0.15, 0.2) is 59.8 Å². The van der Waals surface area contributed by atoms with E-state index in [1.807, 2.05) is 42.2 Å². The molecule has 8 nitrogen and oxygen atoms in total. The average molecular weight is 483 g/mol. The molecule has 2 N–H and O–H groups in total. The number of nitrogens with zero attached hydrogens (tertiary/aromatic N) is 2. The molecule has 0 unspecified atom stereocenters. The topological polar surface area (TPSA) is 83.1 Å². The van der Waals surface area contributed by atoms with Gasteiger partial charge in [-0.3, -0.25) is 4.90 Å². The molecule has 1 saturated heterocycles. The van der Waals surface area contributed by atoms with E-state index in [0.717, 1.165) is 0 Å². The number of nitrogens with one attached hydrogen (secondary N) is 2. The zero-order valence-electron chi connectivity index (χ0n) is 20.1. The first-order chi connectivity index (χ1) is 17.0. The third kappa shape index (κ3) is 5.57. The van der Waals surface area contributed by atoms with Crippen LogP contribution in [0.5, 0.6) is 5.75 Å². The lowest BCUT2D eigenvalue weighted by atomic mass is 9.94. The maximum absolute atomic E-state index is 14.2. The summed E-state index contributed by atoms with van der Waals surface area (Å²) in [6.07, 6.45) is 0. The van der Waals surface area contributed by atoms with Gasteiger partial charge in [-0.2, -0.15) is 0 Å². The third-order valence-electron chi connectivity index (χ3n) is 6.13. The lowest BCUT2D eigenvalue weighted by Gasteiger charge is -2.38. The molecule has 2 aliphatic rings. The molecule has 2 amide bonds. The van der Waals surface area contributed by atoms with Crippen LogP contribution in [-0.4, -0.2) is 62.8 Å². The number of benzene rings is 2. The maximum Gasteiger partial charge on any atom is 0.338 e. The van der Waals surface area contributed by atoms with Gasteiger partial charge >= 0.3 is 12.0 Å². The number of hydrogen-bond donors (Lipinski definition) is 2. The van der Waals surface area contributed by atoms with Crippen molar-refractivity contribution in [1.29, 1.82) is 0 Å². The summed E-state index contributed by atoms with van der Waals surface area (Å²) in [6.45, 7) is 7.22. The Morgan fingerprint density at radius 2 is 1.74 bits per heavy atom. The predicted octanol–water partition coefficient (Wildman–Crippen LogP) is 3.22. The van der Waals surface area contributed by atoms with Crippen LogP contribution in [0.2, 0.25) is 0 Å². The number of carbonyl (C=O) groups excluding carboxylic acids is 2. The first kappa shape index (κ1) is 24.5. The molecule has 0 aromatic heterocycles. The molecule has 0 saturated carbocycles. The van der Waals surface area contributed by atoms with E-state index >= 15 is 0 Å². The third-order valence-corrected chi connectivity index (χ3v) is 6.13. The summed E-state index contributed by atoms with van der Waals surface area (Å²) in [5.74, 6) is -0.132. The van der Waals surface area contributed by atoms with Gasteiger partial charge in [-0.25, -0.2) is 14.0 Å². The molecule has 35 heavy (non-hydrogen) atoms. The Kier molecular flexibility index (Phi) is 7.87. The van der Waals surface area contributed by atoms with Gasteiger partial charge in [0.2, 0.25) is 0 Å². The van der Waals surface area contributed by atoms with Crippen molar-refractivity contribution in [2.45, 2.75) is 19.9 Å². The first-order valence-corrected chi connectivity index (χ1v) is 11.9. The van der Waals surface area contributed by atoms with Crippen molar-refractivity contribution in [2.24, 2.45) is 0 Å². The second-order valence-electron chi connectivity index (χ2n) is 8.33. The molecule has 186 valence electrons. The number of anilines is 1. The highest BCUT2D eigenvalue weighted by atomic mass is 19.1. The smallest absolute Gasteiger partial charge is 0.338 e. The molecule has 0 radical (unpaired) electrons. The van der Waals surface area contributed by atoms with Crippen molar-refractivity contribution in [1.82, 2.24) is 15.5 Å². The van der Waals surface area contributed by atoms with Crippen molar-refractivity contribution < 1.29 is 23.5 Å². The summed E-state index contributed by atoms with van der Waals surface area (Å²) in [6, 6.07) is 13.0. The van der Waals surface area contributed by atoms with Crippen LogP contribution < -0.4 is 20.3 Å². The molecule has 2 aromatic carbocycles. The van der Waals surface area contributed by atoms with E-state index in [2.05, 4.69) is 15.5 Å². The molecule has 9 heteroatoms. The number of halogens is 1. The Balaban J connectivity index is 1.59. The lowest BCUT2D eigenvalue weighted by Crippen LogP contribution is -2.52. The van der Waals surface area contributed by atoms with Gasteiger partial charge in [0.25, 0.3) is 0 Å². The number of esters is 1. The number of carbonyl (C=O) groups is 2. The standard InChI is InChI=1S/C26H31FN4O4/c1-3-34-22-12-8-5-9-18(22)24-23(25(32)35-4-2)20(28-26(33)29-24)17-30-13-15-31(16-14-30)21-11-7-6-10-19(21)27/h5-12,24H,3-4,13-17H2,1-2H3,(H2,28,29,33)/t24-/m1/s1. The summed E-state index contributed by atoms with van der Waals surface area (Å²) >= 11 is 0. The van der Waals surface area contributed by atoms with Crippen molar-refractivity contribution in [3.63, 3.8) is 0 Å². The number of piperazine rings is 1. The minimum atomic E-state index is -0.708. The highest BCUT2D eigenvalue weighted by Crippen LogP contribution is 2.34. The van der Waals surface area contributed by atoms with Gasteiger partial charge < -0.3 is 25.0 Å². The number of ether oxygens (including phenoxy) is 2. The number of para-hydroxylation sites is 2. The average Bonchev–Trinajstić information content (AvgIpc) is 2.85. The molecule has 4 rings (SSSR count). The number of amides is 2. The Morgan fingerprint density at radius 3 is 2.46 bits per heavy atom. The van der Waals surface area contributed by atoms with E-state index < -0.39 is 18.0 Å². The SMILES string of the molecule is CCOC(=O)C1=C(CN2CCN(c3ccccc3F)CC2)NC(=O)N[C@@H]1c1ccccc1OCC. The highest BCUT2D eigenvalue weighted by Gasteiger charge is 2.36. The molecular formula is C26H31FN4O4. The van der Waals surface area contributed by atoms with Gasteiger partial charge in [0.05, 0.1) is 30.5 Å². The molecular weight excluding hydrogens is 451 g/mol. The quantitative estimate of drug-likeness (QED) is 0.563. The second kappa shape index (κ2) is 11.2. The van der Waals surface area contributed by atoms with Gasteiger partial charge in [0, 0.05) is 44.0 Å². The second-order valence-corrected chi connectivity index (χ2v) is 8.33. The minimum absolute atomic E-state index is 0.213. The van der Waals surface area contributed by atoms with E-state index in [9.17, 15) is 14.0 Å². The molecule has 0 aliphatic carbocycles. The van der Waals surface area contributed by atoms with Crippen molar-refractivity contribution in [3.8, 4) is 5.75 Å². The Morgan fingerprint density at radius 1 is 1.03 bits per heavy atom. The molecule has 2 aromatic rings. The van der Waals surface area contributed by atoms with Gasteiger partial charge in [0.1, 0.15) is 11.6 Å². The van der Waals surface area contributed by atoms with Crippen LogP contribution in [0.4, 0.5) is 14.9 Å². The van der Waals surface area contributed by atoms with Gasteiger partial charge in [-0.15, -0.1) is 0 Å². The van der Waals surface area contributed by atoms with Crippen molar-refractivity contribution in [2.75, 3.05) is 50.8 Å². The van der Waals surface area contributed by atoms with Crippen LogP contribution in [0.1, 0.15) is 25.5 Å².